The molecule has 0 radical (unpaired) electrons. The van der Waals surface area contributed by atoms with Crippen molar-refractivity contribution >= 4 is 17.7 Å². The second-order valence-electron chi connectivity index (χ2n) is 2.11. The lowest BCUT2D eigenvalue weighted by molar-refractivity contribution is -0.131. The van der Waals surface area contributed by atoms with Crippen molar-refractivity contribution in [3.05, 3.63) is 12.2 Å². The van der Waals surface area contributed by atoms with E-state index in [1.54, 1.807) is 0 Å². The van der Waals surface area contributed by atoms with Gasteiger partial charge in [0.25, 0.3) is 0 Å². The minimum Gasteiger partial charge on any atom is -0.478 e. The fourth-order valence-corrected chi connectivity index (χ4v) is 1.22. The molecule has 0 amide bonds. The number of carboxylic acid groups (broad SMARTS) is 1. The van der Waals surface area contributed by atoms with E-state index in [4.69, 9.17) is 15.3 Å². The molecule has 0 heterocycles. The highest BCUT2D eigenvalue weighted by Crippen LogP contribution is 2.02. The van der Waals surface area contributed by atoms with Gasteiger partial charge in [0.2, 0.25) is 0 Å². The first-order chi connectivity index (χ1) is 5.66. The Morgan fingerprint density at radius 3 is 2.75 bits per heavy atom. The summed E-state index contributed by atoms with van der Waals surface area (Å²) in [6.45, 7) is -0.254. The quantitative estimate of drug-likeness (QED) is 0.398. The SMILES string of the molecule is O=C(O)/C=C/CSCC(O)CO. The molecule has 0 rings (SSSR count). The molecule has 12 heavy (non-hydrogen) atoms. The van der Waals surface area contributed by atoms with E-state index in [-0.39, 0.29) is 6.61 Å². The van der Waals surface area contributed by atoms with Gasteiger partial charge in [-0.3, -0.25) is 0 Å². The third-order valence-corrected chi connectivity index (χ3v) is 2.04. The van der Waals surface area contributed by atoms with E-state index >= 15 is 0 Å². The Morgan fingerprint density at radius 2 is 2.25 bits per heavy atom. The van der Waals surface area contributed by atoms with Gasteiger partial charge < -0.3 is 15.3 Å². The van der Waals surface area contributed by atoms with Crippen LogP contribution in [0.1, 0.15) is 0 Å². The zero-order valence-electron chi connectivity index (χ0n) is 6.51. The molecule has 1 unspecified atom stereocenters. The van der Waals surface area contributed by atoms with Gasteiger partial charge in [-0.15, -0.1) is 0 Å². The molecule has 70 valence electrons. The molecular formula is C7H12O4S. The molecule has 0 saturated heterocycles. The predicted molar refractivity (Wildman–Crippen MR) is 47.2 cm³/mol. The summed E-state index contributed by atoms with van der Waals surface area (Å²) in [7, 11) is 0. The van der Waals surface area contributed by atoms with Gasteiger partial charge in [0, 0.05) is 17.6 Å². The van der Waals surface area contributed by atoms with Gasteiger partial charge in [-0.2, -0.15) is 11.8 Å². The molecule has 0 aliphatic heterocycles. The molecule has 0 bridgehead atoms. The largest absolute Gasteiger partial charge is 0.478 e. The highest BCUT2D eigenvalue weighted by Gasteiger charge is 1.99. The zero-order chi connectivity index (χ0) is 9.40. The predicted octanol–water partition coefficient (Wildman–Crippen LogP) is -0.286. The molecule has 0 aromatic rings. The first-order valence-corrected chi connectivity index (χ1v) is 4.58. The van der Waals surface area contributed by atoms with Crippen molar-refractivity contribution < 1.29 is 20.1 Å². The maximum atomic E-state index is 9.97. The van der Waals surface area contributed by atoms with Crippen molar-refractivity contribution in [2.45, 2.75) is 6.10 Å². The average Bonchev–Trinajstić information content (AvgIpc) is 2.03. The van der Waals surface area contributed by atoms with Crippen molar-refractivity contribution in [1.82, 2.24) is 0 Å². The second-order valence-corrected chi connectivity index (χ2v) is 3.19. The maximum Gasteiger partial charge on any atom is 0.328 e. The molecule has 4 nitrogen and oxygen atoms in total. The molecule has 5 heteroatoms. The average molecular weight is 192 g/mol. The summed E-state index contributed by atoms with van der Waals surface area (Å²) in [5, 5.41) is 25.4. The van der Waals surface area contributed by atoms with Crippen molar-refractivity contribution in [3.63, 3.8) is 0 Å². The lowest BCUT2D eigenvalue weighted by Gasteiger charge is -2.03. The number of hydrogen-bond acceptors (Lipinski definition) is 4. The summed E-state index contributed by atoms with van der Waals surface area (Å²) in [5.41, 5.74) is 0. The van der Waals surface area contributed by atoms with Gasteiger partial charge in [-0.1, -0.05) is 6.08 Å². The highest BCUT2D eigenvalue weighted by atomic mass is 32.2. The monoisotopic (exact) mass is 192 g/mol. The van der Waals surface area contributed by atoms with Crippen LogP contribution in [0.4, 0.5) is 0 Å². The number of thioether (sulfide) groups is 1. The molecule has 0 aromatic heterocycles. The molecular weight excluding hydrogens is 180 g/mol. The zero-order valence-corrected chi connectivity index (χ0v) is 7.33. The van der Waals surface area contributed by atoms with E-state index in [9.17, 15) is 4.79 Å². The van der Waals surface area contributed by atoms with E-state index in [1.165, 1.54) is 17.8 Å². The molecule has 3 N–H and O–H groups in total. The van der Waals surface area contributed by atoms with Crippen LogP contribution in [-0.4, -0.2) is 45.5 Å². The van der Waals surface area contributed by atoms with Gasteiger partial charge >= 0.3 is 5.97 Å². The van der Waals surface area contributed by atoms with E-state index < -0.39 is 12.1 Å². The van der Waals surface area contributed by atoms with Crippen molar-refractivity contribution in [2.75, 3.05) is 18.1 Å². The Bertz CT molecular complexity index is 157. The van der Waals surface area contributed by atoms with Crippen LogP contribution in [0.3, 0.4) is 0 Å². The van der Waals surface area contributed by atoms with E-state index in [0.29, 0.717) is 11.5 Å². The molecule has 0 aliphatic carbocycles. The smallest absolute Gasteiger partial charge is 0.328 e. The summed E-state index contributed by atoms with van der Waals surface area (Å²) in [5.74, 6) is -0.0256. The Hall–Kier alpha value is -0.520. The van der Waals surface area contributed by atoms with Crippen LogP contribution in [-0.2, 0) is 4.79 Å². The van der Waals surface area contributed by atoms with E-state index in [2.05, 4.69) is 0 Å². The summed E-state index contributed by atoms with van der Waals surface area (Å²) >= 11 is 1.37. The van der Waals surface area contributed by atoms with Crippen LogP contribution < -0.4 is 0 Å². The van der Waals surface area contributed by atoms with Gasteiger partial charge in [-0.25, -0.2) is 4.79 Å². The van der Waals surface area contributed by atoms with Crippen LogP contribution in [0, 0.1) is 0 Å². The second kappa shape index (κ2) is 7.15. The summed E-state index contributed by atoms with van der Waals surface area (Å²) in [6, 6.07) is 0. The van der Waals surface area contributed by atoms with Crippen molar-refractivity contribution in [1.29, 1.82) is 0 Å². The number of rotatable bonds is 6. The third kappa shape index (κ3) is 7.59. The van der Waals surface area contributed by atoms with Gasteiger partial charge in [0.1, 0.15) is 0 Å². The maximum absolute atomic E-state index is 9.97. The lowest BCUT2D eigenvalue weighted by atomic mass is 10.4. The van der Waals surface area contributed by atoms with Gasteiger partial charge in [0.15, 0.2) is 0 Å². The number of carbonyl (C=O) groups is 1. The molecule has 0 fully saturated rings. The van der Waals surface area contributed by atoms with Crippen LogP contribution >= 0.6 is 11.8 Å². The van der Waals surface area contributed by atoms with Crippen molar-refractivity contribution in [3.8, 4) is 0 Å². The standard InChI is InChI=1S/C7H12O4S/c8-4-6(9)5-12-3-1-2-7(10)11/h1-2,6,8-9H,3-5H2,(H,10,11)/b2-1+. The molecule has 0 spiro atoms. The van der Waals surface area contributed by atoms with Gasteiger partial charge in [-0.05, 0) is 0 Å². The van der Waals surface area contributed by atoms with Crippen LogP contribution in [0.5, 0.6) is 0 Å². The fraction of sp³-hybridized carbons (Fsp3) is 0.571. The van der Waals surface area contributed by atoms with Crippen LogP contribution in [0.15, 0.2) is 12.2 Å². The minimum absolute atomic E-state index is 0.254. The van der Waals surface area contributed by atoms with Gasteiger partial charge in [0.05, 0.1) is 12.7 Å². The topological polar surface area (TPSA) is 77.8 Å². The van der Waals surface area contributed by atoms with Crippen LogP contribution in [0.2, 0.25) is 0 Å². The highest BCUT2D eigenvalue weighted by molar-refractivity contribution is 7.99. The molecule has 1 atom stereocenters. The number of aliphatic hydroxyl groups is 2. The van der Waals surface area contributed by atoms with Crippen LogP contribution in [0.25, 0.3) is 0 Å². The Balaban J connectivity index is 3.26. The normalized spacial score (nSPS) is 13.5. The summed E-state index contributed by atoms with van der Waals surface area (Å²) in [4.78, 5) is 9.97. The van der Waals surface area contributed by atoms with Crippen molar-refractivity contribution in [2.24, 2.45) is 0 Å². The summed E-state index contributed by atoms with van der Waals surface area (Å²) < 4.78 is 0. The lowest BCUT2D eigenvalue weighted by Crippen LogP contribution is -2.14. The Labute approximate surface area is 74.9 Å². The Morgan fingerprint density at radius 1 is 1.58 bits per heavy atom. The van der Waals surface area contributed by atoms with E-state index in [0.717, 1.165) is 6.08 Å². The first kappa shape index (κ1) is 11.5. The number of aliphatic hydroxyl groups excluding tert-OH is 2. The first-order valence-electron chi connectivity index (χ1n) is 3.43. The van der Waals surface area contributed by atoms with E-state index in [1.807, 2.05) is 0 Å². The fourth-order valence-electron chi connectivity index (χ4n) is 0.474. The number of aliphatic carboxylic acids is 1. The molecule has 0 aromatic carbocycles. The minimum atomic E-state index is -0.974. The molecule has 0 saturated carbocycles. The number of carboxylic acids is 1. The Kier molecular flexibility index (Phi) is 6.84. The molecule has 0 aliphatic rings. The third-order valence-electron chi connectivity index (χ3n) is 0.995. The number of hydrogen-bond donors (Lipinski definition) is 3. The summed E-state index contributed by atoms with van der Waals surface area (Å²) in [6.07, 6.45) is 1.84.